The highest BCUT2D eigenvalue weighted by Gasteiger charge is 2.21. The summed E-state index contributed by atoms with van der Waals surface area (Å²) >= 11 is 0. The Morgan fingerprint density at radius 2 is 2.38 bits per heavy atom. The SMILES string of the molecule is CCCN1CCC(CNC(=O)Nc2cccc(-c3nnco3)c2)C1. The van der Waals surface area contributed by atoms with Crippen molar-refractivity contribution in [2.24, 2.45) is 5.92 Å². The zero-order chi connectivity index (χ0) is 16.8. The smallest absolute Gasteiger partial charge is 0.319 e. The summed E-state index contributed by atoms with van der Waals surface area (Å²) in [5, 5.41) is 13.3. The monoisotopic (exact) mass is 329 g/mol. The minimum Gasteiger partial charge on any atom is -0.423 e. The summed E-state index contributed by atoms with van der Waals surface area (Å²) in [6.07, 6.45) is 3.61. The number of amides is 2. The van der Waals surface area contributed by atoms with E-state index in [1.807, 2.05) is 24.3 Å². The third kappa shape index (κ3) is 4.32. The van der Waals surface area contributed by atoms with Crippen molar-refractivity contribution in [2.45, 2.75) is 19.8 Å². The van der Waals surface area contributed by atoms with Crippen molar-refractivity contribution in [2.75, 3.05) is 31.5 Å². The van der Waals surface area contributed by atoms with Crippen LogP contribution in [-0.4, -0.2) is 47.3 Å². The number of urea groups is 1. The van der Waals surface area contributed by atoms with Crippen molar-refractivity contribution in [3.05, 3.63) is 30.7 Å². The van der Waals surface area contributed by atoms with Crippen molar-refractivity contribution in [3.63, 3.8) is 0 Å². The first-order valence-corrected chi connectivity index (χ1v) is 8.38. The van der Waals surface area contributed by atoms with Gasteiger partial charge in [-0.2, -0.15) is 0 Å². The molecule has 2 aromatic rings. The molecule has 0 saturated carbocycles. The number of anilines is 1. The van der Waals surface area contributed by atoms with Crippen LogP contribution in [0.1, 0.15) is 19.8 Å². The van der Waals surface area contributed by atoms with Gasteiger partial charge in [0, 0.05) is 24.3 Å². The van der Waals surface area contributed by atoms with E-state index in [0.29, 0.717) is 24.0 Å². The minimum atomic E-state index is -0.188. The maximum Gasteiger partial charge on any atom is 0.319 e. The van der Waals surface area contributed by atoms with E-state index in [9.17, 15) is 4.79 Å². The van der Waals surface area contributed by atoms with Gasteiger partial charge in [0.25, 0.3) is 0 Å². The molecule has 1 atom stereocenters. The van der Waals surface area contributed by atoms with Gasteiger partial charge in [0.1, 0.15) is 0 Å². The van der Waals surface area contributed by atoms with Crippen molar-refractivity contribution < 1.29 is 9.21 Å². The van der Waals surface area contributed by atoms with E-state index < -0.39 is 0 Å². The Balaban J connectivity index is 1.48. The summed E-state index contributed by atoms with van der Waals surface area (Å²) in [5.41, 5.74) is 1.47. The fourth-order valence-corrected chi connectivity index (χ4v) is 3.04. The molecule has 1 fully saturated rings. The zero-order valence-corrected chi connectivity index (χ0v) is 13.9. The molecule has 24 heavy (non-hydrogen) atoms. The van der Waals surface area contributed by atoms with Crippen molar-refractivity contribution in [3.8, 4) is 11.5 Å². The maximum absolute atomic E-state index is 12.1. The van der Waals surface area contributed by atoms with E-state index in [2.05, 4.69) is 32.7 Å². The van der Waals surface area contributed by atoms with Crippen LogP contribution in [0.4, 0.5) is 10.5 Å². The van der Waals surface area contributed by atoms with Crippen LogP contribution in [0.25, 0.3) is 11.5 Å². The molecule has 1 aromatic heterocycles. The van der Waals surface area contributed by atoms with Crippen LogP contribution in [0.2, 0.25) is 0 Å². The second kappa shape index (κ2) is 7.92. The van der Waals surface area contributed by atoms with Crippen LogP contribution in [0, 0.1) is 5.92 Å². The molecule has 128 valence electrons. The molecule has 2 N–H and O–H groups in total. The van der Waals surface area contributed by atoms with Crippen LogP contribution >= 0.6 is 0 Å². The highest BCUT2D eigenvalue weighted by atomic mass is 16.4. The number of aromatic nitrogens is 2. The van der Waals surface area contributed by atoms with E-state index in [1.165, 1.54) is 12.8 Å². The second-order valence-corrected chi connectivity index (χ2v) is 6.12. The molecule has 1 unspecified atom stereocenters. The highest BCUT2D eigenvalue weighted by molar-refractivity contribution is 5.89. The fraction of sp³-hybridized carbons (Fsp3) is 0.471. The molecule has 1 aliphatic rings. The van der Waals surface area contributed by atoms with Gasteiger partial charge >= 0.3 is 6.03 Å². The Labute approximate surface area is 141 Å². The summed E-state index contributed by atoms with van der Waals surface area (Å²) in [5.74, 6) is 0.966. The van der Waals surface area contributed by atoms with Gasteiger partial charge in [-0.05, 0) is 50.0 Å². The van der Waals surface area contributed by atoms with Crippen LogP contribution < -0.4 is 10.6 Å². The minimum absolute atomic E-state index is 0.188. The van der Waals surface area contributed by atoms with Crippen LogP contribution in [-0.2, 0) is 0 Å². The lowest BCUT2D eigenvalue weighted by Gasteiger charge is -2.15. The molecule has 7 heteroatoms. The Morgan fingerprint density at radius 1 is 1.46 bits per heavy atom. The molecule has 0 bridgehead atoms. The van der Waals surface area contributed by atoms with E-state index in [1.54, 1.807) is 0 Å². The third-order valence-electron chi connectivity index (χ3n) is 4.19. The Hall–Kier alpha value is -2.41. The van der Waals surface area contributed by atoms with Crippen molar-refractivity contribution in [1.82, 2.24) is 20.4 Å². The number of hydrogen-bond acceptors (Lipinski definition) is 5. The lowest BCUT2D eigenvalue weighted by molar-refractivity contribution is 0.249. The molecule has 2 heterocycles. The predicted molar refractivity (Wildman–Crippen MR) is 91.6 cm³/mol. The number of nitrogens with one attached hydrogen (secondary N) is 2. The van der Waals surface area contributed by atoms with Gasteiger partial charge in [0.2, 0.25) is 12.3 Å². The molecular formula is C17H23N5O2. The molecule has 2 amide bonds. The molecule has 0 radical (unpaired) electrons. The first-order valence-electron chi connectivity index (χ1n) is 8.38. The molecule has 1 aromatic carbocycles. The van der Waals surface area contributed by atoms with Gasteiger partial charge in [0.15, 0.2) is 0 Å². The second-order valence-electron chi connectivity index (χ2n) is 6.12. The van der Waals surface area contributed by atoms with E-state index in [0.717, 1.165) is 31.6 Å². The van der Waals surface area contributed by atoms with Gasteiger partial charge in [-0.15, -0.1) is 10.2 Å². The quantitative estimate of drug-likeness (QED) is 0.851. The standard InChI is InChI=1S/C17H23N5O2/c1-2-7-22-8-6-13(11-22)10-18-17(23)20-15-5-3-4-14(9-15)16-21-19-12-24-16/h3-5,9,12-13H,2,6-8,10-11H2,1H3,(H2,18,20,23). The van der Waals surface area contributed by atoms with Gasteiger partial charge in [-0.25, -0.2) is 4.79 Å². The van der Waals surface area contributed by atoms with E-state index in [-0.39, 0.29) is 6.03 Å². The van der Waals surface area contributed by atoms with Gasteiger partial charge < -0.3 is 20.0 Å². The third-order valence-corrected chi connectivity index (χ3v) is 4.19. The zero-order valence-electron chi connectivity index (χ0n) is 13.9. The maximum atomic E-state index is 12.1. The van der Waals surface area contributed by atoms with Crippen molar-refractivity contribution in [1.29, 1.82) is 0 Å². The van der Waals surface area contributed by atoms with Gasteiger partial charge in [0.05, 0.1) is 0 Å². The molecular weight excluding hydrogens is 306 g/mol. The van der Waals surface area contributed by atoms with E-state index in [4.69, 9.17) is 4.42 Å². The first-order chi connectivity index (χ1) is 11.7. The normalized spacial score (nSPS) is 17.8. The number of benzene rings is 1. The molecule has 1 saturated heterocycles. The molecule has 0 spiro atoms. The average molecular weight is 329 g/mol. The van der Waals surface area contributed by atoms with Crippen LogP contribution in [0.5, 0.6) is 0 Å². The number of rotatable bonds is 6. The molecule has 7 nitrogen and oxygen atoms in total. The predicted octanol–water partition coefficient (Wildman–Crippen LogP) is 2.59. The Bertz CT molecular complexity index is 659. The largest absolute Gasteiger partial charge is 0.423 e. The molecule has 3 rings (SSSR count). The number of nitrogens with zero attached hydrogens (tertiary/aromatic N) is 3. The number of likely N-dealkylation sites (tertiary alicyclic amines) is 1. The summed E-state index contributed by atoms with van der Waals surface area (Å²) in [6, 6.07) is 7.15. The number of hydrogen-bond donors (Lipinski definition) is 2. The van der Waals surface area contributed by atoms with Crippen LogP contribution in [0.15, 0.2) is 35.1 Å². The Kier molecular flexibility index (Phi) is 5.43. The summed E-state index contributed by atoms with van der Waals surface area (Å²) < 4.78 is 5.17. The van der Waals surface area contributed by atoms with Crippen molar-refractivity contribution >= 4 is 11.7 Å². The van der Waals surface area contributed by atoms with Crippen LogP contribution in [0.3, 0.4) is 0 Å². The van der Waals surface area contributed by atoms with Gasteiger partial charge in [-0.1, -0.05) is 13.0 Å². The topological polar surface area (TPSA) is 83.3 Å². The van der Waals surface area contributed by atoms with Gasteiger partial charge in [-0.3, -0.25) is 0 Å². The molecule has 0 aliphatic carbocycles. The molecule has 1 aliphatic heterocycles. The lowest BCUT2D eigenvalue weighted by atomic mass is 10.1. The first kappa shape index (κ1) is 16.4. The fourth-order valence-electron chi connectivity index (χ4n) is 3.04. The highest BCUT2D eigenvalue weighted by Crippen LogP contribution is 2.20. The summed E-state index contributed by atoms with van der Waals surface area (Å²) in [6.45, 7) is 6.25. The lowest BCUT2D eigenvalue weighted by Crippen LogP contribution is -2.34. The number of carbonyl (C=O) groups excluding carboxylic acids is 1. The van der Waals surface area contributed by atoms with E-state index >= 15 is 0 Å². The summed E-state index contributed by atoms with van der Waals surface area (Å²) in [7, 11) is 0. The Morgan fingerprint density at radius 3 is 3.17 bits per heavy atom. The summed E-state index contributed by atoms with van der Waals surface area (Å²) in [4.78, 5) is 14.5. The number of carbonyl (C=O) groups is 1. The average Bonchev–Trinajstić information content (AvgIpc) is 3.25.